The van der Waals surface area contributed by atoms with E-state index in [9.17, 15) is 4.79 Å². The van der Waals surface area contributed by atoms with E-state index in [0.29, 0.717) is 6.61 Å². The molecule has 1 atom stereocenters. The lowest BCUT2D eigenvalue weighted by molar-refractivity contribution is 0.133. The first kappa shape index (κ1) is 13.9. The van der Waals surface area contributed by atoms with Gasteiger partial charge in [-0.1, -0.05) is 46.3 Å². The number of hydrogen-bond donors (Lipinski definition) is 1. The number of fused-ring (bicyclic) bond motifs is 1. The second-order valence-corrected chi connectivity index (χ2v) is 5.67. The van der Waals surface area contributed by atoms with Gasteiger partial charge in [0.15, 0.2) is 0 Å². The summed E-state index contributed by atoms with van der Waals surface area (Å²) >= 11 is 3.42. The van der Waals surface area contributed by atoms with Crippen molar-refractivity contribution in [1.29, 1.82) is 0 Å². The van der Waals surface area contributed by atoms with Gasteiger partial charge < -0.3 is 14.8 Å². The Balaban J connectivity index is 1.58. The van der Waals surface area contributed by atoms with E-state index in [4.69, 9.17) is 9.47 Å². The van der Waals surface area contributed by atoms with E-state index in [-0.39, 0.29) is 12.6 Å². The Morgan fingerprint density at radius 2 is 2.10 bits per heavy atom. The number of carbonyl (C=O) groups is 1. The van der Waals surface area contributed by atoms with Crippen molar-refractivity contribution in [3.8, 4) is 5.75 Å². The molecule has 21 heavy (non-hydrogen) atoms. The highest BCUT2D eigenvalue weighted by Gasteiger charge is 2.26. The van der Waals surface area contributed by atoms with E-state index in [2.05, 4.69) is 21.2 Å². The monoisotopic (exact) mass is 347 g/mol. The number of nitrogens with one attached hydrogen (secondary N) is 1. The van der Waals surface area contributed by atoms with Crippen LogP contribution in [0.5, 0.6) is 5.75 Å². The summed E-state index contributed by atoms with van der Waals surface area (Å²) in [6.07, 6.45) is -0.444. The van der Waals surface area contributed by atoms with Crippen LogP contribution in [0.1, 0.15) is 17.2 Å². The maximum Gasteiger partial charge on any atom is 0.408 e. The number of halogens is 1. The van der Waals surface area contributed by atoms with Crippen molar-refractivity contribution in [2.75, 3.05) is 6.61 Å². The lowest BCUT2D eigenvalue weighted by Gasteiger charge is -2.12. The molecule has 0 fully saturated rings. The van der Waals surface area contributed by atoms with E-state index < -0.39 is 6.09 Å². The highest BCUT2D eigenvalue weighted by atomic mass is 79.9. The van der Waals surface area contributed by atoms with Gasteiger partial charge in [0.1, 0.15) is 19.0 Å². The summed E-state index contributed by atoms with van der Waals surface area (Å²) in [5, 5.41) is 2.83. The predicted octanol–water partition coefficient (Wildman–Crippen LogP) is 3.81. The van der Waals surface area contributed by atoms with Crippen LogP contribution in [0.25, 0.3) is 0 Å². The van der Waals surface area contributed by atoms with Gasteiger partial charge in [0.05, 0.1) is 6.04 Å². The lowest BCUT2D eigenvalue weighted by atomic mass is 10.1. The Labute approximate surface area is 131 Å². The average Bonchev–Trinajstić information content (AvgIpc) is 2.88. The van der Waals surface area contributed by atoms with Gasteiger partial charge in [-0.05, 0) is 23.8 Å². The van der Waals surface area contributed by atoms with Gasteiger partial charge in [-0.2, -0.15) is 0 Å². The van der Waals surface area contributed by atoms with Crippen molar-refractivity contribution < 1.29 is 14.3 Å². The Morgan fingerprint density at radius 1 is 1.29 bits per heavy atom. The van der Waals surface area contributed by atoms with Gasteiger partial charge in [-0.25, -0.2) is 4.79 Å². The maximum atomic E-state index is 11.9. The number of carbonyl (C=O) groups excluding carboxylic acids is 1. The van der Waals surface area contributed by atoms with Gasteiger partial charge in [-0.15, -0.1) is 0 Å². The third-order valence-corrected chi connectivity index (χ3v) is 3.75. The quantitative estimate of drug-likeness (QED) is 0.918. The standard InChI is InChI=1S/C16H14BrNO3/c17-12-6-7-15-13(8-12)14(10-20-15)18-16(19)21-9-11-4-2-1-3-5-11/h1-8,14H,9-10H2,(H,18,19). The summed E-state index contributed by atoms with van der Waals surface area (Å²) in [7, 11) is 0. The molecule has 0 saturated carbocycles. The van der Waals surface area contributed by atoms with E-state index in [0.717, 1.165) is 21.3 Å². The van der Waals surface area contributed by atoms with Crippen molar-refractivity contribution in [2.24, 2.45) is 0 Å². The zero-order chi connectivity index (χ0) is 14.7. The van der Waals surface area contributed by atoms with Gasteiger partial charge in [0, 0.05) is 10.0 Å². The Morgan fingerprint density at radius 3 is 2.90 bits per heavy atom. The molecule has 1 amide bonds. The minimum Gasteiger partial charge on any atom is -0.491 e. The molecule has 4 nitrogen and oxygen atoms in total. The van der Waals surface area contributed by atoms with E-state index in [1.807, 2.05) is 48.5 Å². The number of amides is 1. The van der Waals surface area contributed by atoms with E-state index in [1.165, 1.54) is 0 Å². The van der Waals surface area contributed by atoms with E-state index >= 15 is 0 Å². The summed E-state index contributed by atoms with van der Waals surface area (Å²) in [5.41, 5.74) is 1.92. The zero-order valence-corrected chi connectivity index (χ0v) is 12.8. The Kier molecular flexibility index (Phi) is 4.10. The van der Waals surface area contributed by atoms with Crippen LogP contribution in [-0.2, 0) is 11.3 Å². The third kappa shape index (κ3) is 3.36. The number of benzene rings is 2. The zero-order valence-electron chi connectivity index (χ0n) is 11.2. The number of alkyl carbamates (subject to hydrolysis) is 1. The molecule has 2 aromatic rings. The smallest absolute Gasteiger partial charge is 0.408 e. The molecule has 3 rings (SSSR count). The molecule has 0 saturated heterocycles. The van der Waals surface area contributed by atoms with Gasteiger partial charge in [-0.3, -0.25) is 0 Å². The number of hydrogen-bond acceptors (Lipinski definition) is 3. The topological polar surface area (TPSA) is 47.6 Å². The van der Waals surface area contributed by atoms with Crippen LogP contribution in [0.2, 0.25) is 0 Å². The molecule has 108 valence electrons. The van der Waals surface area contributed by atoms with Crippen molar-refractivity contribution in [2.45, 2.75) is 12.6 Å². The Bertz CT molecular complexity index is 645. The molecule has 0 radical (unpaired) electrons. The second kappa shape index (κ2) is 6.18. The SMILES string of the molecule is O=C(NC1COc2ccc(Br)cc21)OCc1ccccc1. The highest BCUT2D eigenvalue weighted by Crippen LogP contribution is 2.34. The third-order valence-electron chi connectivity index (χ3n) is 3.26. The van der Waals surface area contributed by atoms with Crippen LogP contribution in [0.3, 0.4) is 0 Å². The first-order valence-corrected chi connectivity index (χ1v) is 7.41. The largest absolute Gasteiger partial charge is 0.491 e. The van der Waals surface area contributed by atoms with Crippen LogP contribution in [-0.4, -0.2) is 12.7 Å². The summed E-state index contributed by atoms with van der Waals surface area (Å²) in [4.78, 5) is 11.9. The molecule has 1 N–H and O–H groups in total. The number of rotatable bonds is 3. The maximum absolute atomic E-state index is 11.9. The minimum atomic E-state index is -0.444. The van der Waals surface area contributed by atoms with Gasteiger partial charge in [0.2, 0.25) is 0 Å². The van der Waals surface area contributed by atoms with Crippen LogP contribution >= 0.6 is 15.9 Å². The normalized spacial score (nSPS) is 16.0. The molecule has 0 aliphatic carbocycles. The first-order valence-electron chi connectivity index (χ1n) is 6.62. The Hall–Kier alpha value is -2.01. The summed E-state index contributed by atoms with van der Waals surface area (Å²) in [5.74, 6) is 0.798. The fraction of sp³-hybridized carbons (Fsp3) is 0.188. The van der Waals surface area contributed by atoms with Crippen LogP contribution in [0, 0.1) is 0 Å². The summed E-state index contributed by atoms with van der Waals surface area (Å²) < 4.78 is 11.7. The molecule has 0 bridgehead atoms. The molecular formula is C16H14BrNO3. The molecule has 1 unspecified atom stereocenters. The molecule has 0 aromatic heterocycles. The van der Waals surface area contributed by atoms with Gasteiger partial charge in [0.25, 0.3) is 0 Å². The first-order chi connectivity index (χ1) is 10.2. The minimum absolute atomic E-state index is 0.180. The molecule has 1 heterocycles. The fourth-order valence-corrected chi connectivity index (χ4v) is 2.59. The van der Waals surface area contributed by atoms with Crippen molar-refractivity contribution in [1.82, 2.24) is 5.32 Å². The molecule has 0 spiro atoms. The fourth-order valence-electron chi connectivity index (χ4n) is 2.21. The molecule has 1 aliphatic heterocycles. The van der Waals surface area contributed by atoms with Crippen molar-refractivity contribution in [3.05, 3.63) is 64.1 Å². The summed E-state index contributed by atoms with van der Waals surface area (Å²) in [6, 6.07) is 15.1. The highest BCUT2D eigenvalue weighted by molar-refractivity contribution is 9.10. The van der Waals surface area contributed by atoms with Crippen LogP contribution < -0.4 is 10.1 Å². The molecule has 2 aromatic carbocycles. The van der Waals surface area contributed by atoms with Crippen molar-refractivity contribution in [3.63, 3.8) is 0 Å². The summed E-state index contributed by atoms with van der Waals surface area (Å²) in [6.45, 7) is 0.678. The lowest BCUT2D eigenvalue weighted by Crippen LogP contribution is -2.29. The van der Waals surface area contributed by atoms with Gasteiger partial charge >= 0.3 is 6.09 Å². The van der Waals surface area contributed by atoms with E-state index in [1.54, 1.807) is 0 Å². The van der Waals surface area contributed by atoms with Crippen LogP contribution in [0.15, 0.2) is 53.0 Å². The molecule has 1 aliphatic rings. The average molecular weight is 348 g/mol. The number of ether oxygens (including phenoxy) is 2. The van der Waals surface area contributed by atoms with Crippen LogP contribution in [0.4, 0.5) is 4.79 Å². The molecule has 5 heteroatoms. The predicted molar refractivity (Wildman–Crippen MR) is 82.1 cm³/mol. The second-order valence-electron chi connectivity index (χ2n) is 4.75. The molecular weight excluding hydrogens is 334 g/mol. The van der Waals surface area contributed by atoms with Crippen molar-refractivity contribution >= 4 is 22.0 Å².